The third-order valence-corrected chi connectivity index (χ3v) is 3.26. The van der Waals surface area contributed by atoms with Gasteiger partial charge in [-0.05, 0) is 31.0 Å². The van der Waals surface area contributed by atoms with E-state index in [4.69, 9.17) is 9.84 Å². The third-order valence-electron chi connectivity index (χ3n) is 3.26. The van der Waals surface area contributed by atoms with Crippen molar-refractivity contribution in [1.82, 2.24) is 5.32 Å². The Balaban J connectivity index is 2.62. The molecule has 1 unspecified atom stereocenters. The van der Waals surface area contributed by atoms with Gasteiger partial charge in [-0.3, -0.25) is 4.79 Å². The van der Waals surface area contributed by atoms with E-state index in [1.807, 2.05) is 6.92 Å². The molecule has 0 bridgehead atoms. The number of carboxylic acids is 1. The maximum Gasteiger partial charge on any atom is 0.335 e. The molecule has 1 rings (SSSR count). The molecule has 1 atom stereocenters. The van der Waals surface area contributed by atoms with Gasteiger partial charge in [0.2, 0.25) is 0 Å². The molecule has 0 fully saturated rings. The van der Waals surface area contributed by atoms with Crippen LogP contribution in [0.4, 0.5) is 0 Å². The van der Waals surface area contributed by atoms with E-state index in [1.165, 1.54) is 19.2 Å². The first kappa shape index (κ1) is 15.2. The zero-order valence-electron chi connectivity index (χ0n) is 11.4. The topological polar surface area (TPSA) is 75.6 Å². The predicted molar refractivity (Wildman–Crippen MR) is 71.0 cm³/mol. The van der Waals surface area contributed by atoms with Gasteiger partial charge in [0.15, 0.2) is 0 Å². The van der Waals surface area contributed by atoms with E-state index in [-0.39, 0.29) is 11.5 Å². The summed E-state index contributed by atoms with van der Waals surface area (Å²) in [6, 6.07) is 6.39. The van der Waals surface area contributed by atoms with E-state index < -0.39 is 11.6 Å². The molecule has 19 heavy (non-hydrogen) atoms. The van der Waals surface area contributed by atoms with Crippen LogP contribution in [0.15, 0.2) is 24.3 Å². The van der Waals surface area contributed by atoms with Crippen molar-refractivity contribution in [2.45, 2.75) is 32.4 Å². The van der Waals surface area contributed by atoms with Gasteiger partial charge in [-0.2, -0.15) is 0 Å². The molecule has 0 radical (unpaired) electrons. The number of ether oxygens (including phenoxy) is 1. The molecule has 5 nitrogen and oxygen atoms in total. The van der Waals surface area contributed by atoms with Gasteiger partial charge < -0.3 is 15.2 Å². The zero-order chi connectivity index (χ0) is 14.5. The van der Waals surface area contributed by atoms with Gasteiger partial charge in [-0.15, -0.1) is 0 Å². The van der Waals surface area contributed by atoms with Gasteiger partial charge in [0.1, 0.15) is 5.60 Å². The lowest BCUT2D eigenvalue weighted by atomic mass is 10.0. The Hall–Kier alpha value is -1.88. The second-order valence-corrected chi connectivity index (χ2v) is 4.47. The molecule has 0 saturated heterocycles. The maximum absolute atomic E-state index is 11.9. The van der Waals surface area contributed by atoms with Crippen molar-refractivity contribution in [2.75, 3.05) is 7.11 Å². The molecule has 2 N–H and O–H groups in total. The van der Waals surface area contributed by atoms with Crippen molar-refractivity contribution >= 4 is 11.9 Å². The van der Waals surface area contributed by atoms with Crippen LogP contribution in [0.2, 0.25) is 0 Å². The minimum atomic E-state index is -0.964. The summed E-state index contributed by atoms with van der Waals surface area (Å²) in [7, 11) is 1.50. The summed E-state index contributed by atoms with van der Waals surface area (Å²) in [5, 5.41) is 11.6. The highest BCUT2D eigenvalue weighted by atomic mass is 16.5. The van der Waals surface area contributed by atoms with Crippen molar-refractivity contribution < 1.29 is 19.4 Å². The number of carbonyl (C=O) groups is 2. The minimum Gasteiger partial charge on any atom is -0.478 e. The second kappa shape index (κ2) is 6.33. The molecule has 0 spiro atoms. The van der Waals surface area contributed by atoms with Crippen LogP contribution in [0.25, 0.3) is 0 Å². The molecule has 0 aliphatic carbocycles. The number of rotatable bonds is 6. The number of carbonyl (C=O) groups excluding carboxylic acids is 1. The Labute approximate surface area is 112 Å². The van der Waals surface area contributed by atoms with E-state index in [2.05, 4.69) is 5.32 Å². The minimum absolute atomic E-state index is 0.181. The van der Waals surface area contributed by atoms with Crippen molar-refractivity contribution in [2.24, 2.45) is 0 Å². The first-order valence-electron chi connectivity index (χ1n) is 6.08. The Morgan fingerprint density at radius 1 is 1.32 bits per heavy atom. The van der Waals surface area contributed by atoms with Crippen LogP contribution < -0.4 is 5.32 Å². The Morgan fingerprint density at radius 3 is 2.32 bits per heavy atom. The van der Waals surface area contributed by atoms with E-state index in [0.29, 0.717) is 13.0 Å². The van der Waals surface area contributed by atoms with Crippen molar-refractivity contribution in [3.05, 3.63) is 35.4 Å². The first-order chi connectivity index (χ1) is 8.92. The highest BCUT2D eigenvalue weighted by Crippen LogP contribution is 2.14. The highest BCUT2D eigenvalue weighted by Gasteiger charge is 2.30. The third kappa shape index (κ3) is 3.79. The number of nitrogens with one attached hydrogen (secondary N) is 1. The highest BCUT2D eigenvalue weighted by molar-refractivity contribution is 5.87. The summed E-state index contributed by atoms with van der Waals surface area (Å²) in [4.78, 5) is 22.6. The van der Waals surface area contributed by atoms with Crippen LogP contribution in [0.1, 0.15) is 36.2 Å². The van der Waals surface area contributed by atoms with Gasteiger partial charge in [0.05, 0.1) is 5.56 Å². The van der Waals surface area contributed by atoms with E-state index >= 15 is 0 Å². The average molecular weight is 265 g/mol. The SMILES string of the molecule is CCC(C)(OC)C(=O)NCc1ccc(C(=O)O)cc1. The molecule has 0 heterocycles. The molecule has 0 aliphatic rings. The lowest BCUT2D eigenvalue weighted by Gasteiger charge is -2.25. The number of carboxylic acid groups (broad SMARTS) is 1. The molecule has 1 amide bonds. The summed E-state index contributed by atoms with van der Waals surface area (Å²) < 4.78 is 5.20. The van der Waals surface area contributed by atoms with E-state index in [9.17, 15) is 9.59 Å². The predicted octanol–water partition coefficient (Wildman–Crippen LogP) is 1.82. The van der Waals surface area contributed by atoms with Crippen LogP contribution in [-0.2, 0) is 16.1 Å². The Kier molecular flexibility index (Phi) is 5.06. The summed E-state index contributed by atoms with van der Waals surface area (Å²) in [6.45, 7) is 3.96. The fourth-order valence-electron chi connectivity index (χ4n) is 1.53. The van der Waals surface area contributed by atoms with E-state index in [1.54, 1.807) is 19.1 Å². The van der Waals surface area contributed by atoms with Crippen LogP contribution in [0.5, 0.6) is 0 Å². The number of aromatic carboxylic acids is 1. The number of hydrogen-bond donors (Lipinski definition) is 2. The van der Waals surface area contributed by atoms with Crippen LogP contribution in [0.3, 0.4) is 0 Å². The van der Waals surface area contributed by atoms with Gasteiger partial charge >= 0.3 is 5.97 Å². The molecule has 0 aliphatic heterocycles. The molecule has 5 heteroatoms. The fourth-order valence-corrected chi connectivity index (χ4v) is 1.53. The summed E-state index contributed by atoms with van der Waals surface area (Å²) in [5.41, 5.74) is 0.236. The monoisotopic (exact) mass is 265 g/mol. The quantitative estimate of drug-likeness (QED) is 0.822. The van der Waals surface area contributed by atoms with Crippen molar-refractivity contribution in [3.63, 3.8) is 0 Å². The van der Waals surface area contributed by atoms with Crippen molar-refractivity contribution in [3.8, 4) is 0 Å². The first-order valence-corrected chi connectivity index (χ1v) is 6.08. The second-order valence-electron chi connectivity index (χ2n) is 4.47. The molecular weight excluding hydrogens is 246 g/mol. The number of hydrogen-bond acceptors (Lipinski definition) is 3. The lowest BCUT2D eigenvalue weighted by molar-refractivity contribution is -0.142. The summed E-state index contributed by atoms with van der Waals surface area (Å²) in [5.74, 6) is -1.15. The Morgan fingerprint density at radius 2 is 1.89 bits per heavy atom. The normalized spacial score (nSPS) is 13.6. The molecule has 104 valence electrons. The van der Waals surface area contributed by atoms with E-state index in [0.717, 1.165) is 5.56 Å². The average Bonchev–Trinajstić information content (AvgIpc) is 2.44. The van der Waals surface area contributed by atoms with Gasteiger partial charge in [0, 0.05) is 13.7 Å². The number of methoxy groups -OCH3 is 1. The fraction of sp³-hybridized carbons (Fsp3) is 0.429. The van der Waals surface area contributed by atoms with Gasteiger partial charge in [-0.25, -0.2) is 4.79 Å². The lowest BCUT2D eigenvalue weighted by Crippen LogP contribution is -2.45. The smallest absolute Gasteiger partial charge is 0.335 e. The molecule has 1 aromatic rings. The molecule has 1 aromatic carbocycles. The van der Waals surface area contributed by atoms with Crippen molar-refractivity contribution in [1.29, 1.82) is 0 Å². The van der Waals surface area contributed by atoms with Gasteiger partial charge in [0.25, 0.3) is 5.91 Å². The zero-order valence-corrected chi connectivity index (χ0v) is 11.4. The number of amides is 1. The van der Waals surface area contributed by atoms with Crippen LogP contribution in [0, 0.1) is 0 Å². The number of benzene rings is 1. The van der Waals surface area contributed by atoms with Gasteiger partial charge in [-0.1, -0.05) is 19.1 Å². The standard InChI is InChI=1S/C14H19NO4/c1-4-14(2,19-3)13(18)15-9-10-5-7-11(8-6-10)12(16)17/h5-8H,4,9H2,1-3H3,(H,15,18)(H,16,17). The largest absolute Gasteiger partial charge is 0.478 e. The molecular formula is C14H19NO4. The molecule has 0 aromatic heterocycles. The Bertz CT molecular complexity index is 449. The van der Waals surface area contributed by atoms with Crippen LogP contribution in [-0.4, -0.2) is 29.7 Å². The summed E-state index contributed by atoms with van der Waals surface area (Å²) in [6.07, 6.45) is 0.577. The maximum atomic E-state index is 11.9. The molecule has 0 saturated carbocycles. The van der Waals surface area contributed by atoms with Crippen LogP contribution >= 0.6 is 0 Å². The summed E-state index contributed by atoms with van der Waals surface area (Å²) >= 11 is 0.